The summed E-state index contributed by atoms with van der Waals surface area (Å²) in [6.45, 7) is 0.725. The minimum Gasteiger partial charge on any atom is -0.508 e. The quantitative estimate of drug-likeness (QED) is 0.787. The second-order valence-electron chi connectivity index (χ2n) is 3.65. The highest BCUT2D eigenvalue weighted by Gasteiger charge is 2.30. The molecule has 0 radical (unpaired) electrons. The Hall–Kier alpha value is -1.71. The number of amides is 1. The van der Waals surface area contributed by atoms with Crippen molar-refractivity contribution in [2.24, 2.45) is 0 Å². The molecule has 1 aromatic carbocycles. The number of hydrogen-bond donors (Lipinski definition) is 1. The summed E-state index contributed by atoms with van der Waals surface area (Å²) in [5.41, 5.74) is 0. The molecule has 1 saturated heterocycles. The molecule has 0 spiro atoms. The monoisotopic (exact) mass is 207 g/mol. The lowest BCUT2D eigenvalue weighted by Gasteiger charge is -2.12. The van der Waals surface area contributed by atoms with E-state index in [1.807, 2.05) is 0 Å². The van der Waals surface area contributed by atoms with Gasteiger partial charge in [0, 0.05) is 26.1 Å². The Kier molecular flexibility index (Phi) is 2.49. The Morgan fingerprint density at radius 2 is 2.33 bits per heavy atom. The average molecular weight is 207 g/mol. The molecule has 0 unspecified atom stereocenters. The molecule has 1 aliphatic rings. The molecule has 1 amide bonds. The molecule has 80 valence electrons. The van der Waals surface area contributed by atoms with E-state index in [9.17, 15) is 9.90 Å². The molecule has 0 aliphatic carbocycles. The molecule has 0 bridgehead atoms. The van der Waals surface area contributed by atoms with Gasteiger partial charge in [0.05, 0.1) is 0 Å². The van der Waals surface area contributed by atoms with E-state index in [0.29, 0.717) is 12.2 Å². The predicted octanol–water partition coefficient (Wildman–Crippen LogP) is 1.00. The van der Waals surface area contributed by atoms with Gasteiger partial charge in [0.2, 0.25) is 0 Å². The van der Waals surface area contributed by atoms with Gasteiger partial charge >= 0.3 is 0 Å². The van der Waals surface area contributed by atoms with Crippen molar-refractivity contribution < 1.29 is 14.6 Å². The fourth-order valence-corrected chi connectivity index (χ4v) is 1.62. The summed E-state index contributed by atoms with van der Waals surface area (Å²) in [6, 6.07) is 6.49. The first kappa shape index (κ1) is 9.83. The van der Waals surface area contributed by atoms with Gasteiger partial charge in [-0.1, -0.05) is 6.07 Å². The second-order valence-corrected chi connectivity index (χ2v) is 3.65. The molecule has 0 aromatic heterocycles. The van der Waals surface area contributed by atoms with Crippen molar-refractivity contribution >= 4 is 5.91 Å². The van der Waals surface area contributed by atoms with Crippen LogP contribution in [0.15, 0.2) is 24.3 Å². The van der Waals surface area contributed by atoms with Gasteiger partial charge < -0.3 is 14.7 Å². The number of aromatic hydroxyl groups is 1. The van der Waals surface area contributed by atoms with Crippen LogP contribution in [0.25, 0.3) is 0 Å². The average Bonchev–Trinajstić information content (AvgIpc) is 2.50. The number of benzene rings is 1. The lowest BCUT2D eigenvalue weighted by Crippen LogP contribution is -2.29. The number of ether oxygens (including phenoxy) is 1. The number of hydrogen-bond acceptors (Lipinski definition) is 3. The summed E-state index contributed by atoms with van der Waals surface area (Å²) in [5.74, 6) is 0.674. The van der Waals surface area contributed by atoms with Gasteiger partial charge in [-0.05, 0) is 12.1 Å². The van der Waals surface area contributed by atoms with Crippen molar-refractivity contribution in [1.29, 1.82) is 0 Å². The first-order valence-electron chi connectivity index (χ1n) is 4.87. The fourth-order valence-electron chi connectivity index (χ4n) is 1.62. The molecule has 1 aliphatic heterocycles. The summed E-state index contributed by atoms with van der Waals surface area (Å²) >= 11 is 0. The molecular formula is C11H13NO3. The predicted molar refractivity (Wildman–Crippen MR) is 54.8 cm³/mol. The smallest absolute Gasteiger partial charge is 0.263 e. The number of likely N-dealkylation sites (N-methyl/N-ethyl adjacent to an activating group) is 1. The molecule has 15 heavy (non-hydrogen) atoms. The van der Waals surface area contributed by atoms with Crippen molar-refractivity contribution in [1.82, 2.24) is 4.90 Å². The molecule has 1 fully saturated rings. The molecule has 0 saturated carbocycles. The Balaban J connectivity index is 2.06. The zero-order valence-corrected chi connectivity index (χ0v) is 8.51. The van der Waals surface area contributed by atoms with Gasteiger partial charge in [0.15, 0.2) is 6.10 Å². The van der Waals surface area contributed by atoms with E-state index in [1.165, 1.54) is 6.07 Å². The maximum absolute atomic E-state index is 11.5. The van der Waals surface area contributed by atoms with Gasteiger partial charge in [-0.3, -0.25) is 4.79 Å². The number of carbonyl (C=O) groups excluding carboxylic acids is 1. The van der Waals surface area contributed by atoms with Crippen LogP contribution in [0.5, 0.6) is 11.5 Å². The number of rotatable bonds is 2. The highest BCUT2D eigenvalue weighted by atomic mass is 16.5. The third-order valence-corrected chi connectivity index (χ3v) is 2.47. The van der Waals surface area contributed by atoms with Gasteiger partial charge in [0.25, 0.3) is 5.91 Å². The SMILES string of the molecule is CN1CC[C@@H](Oc2cccc(O)c2)C1=O. The van der Waals surface area contributed by atoms with Crippen LogP contribution < -0.4 is 4.74 Å². The third kappa shape index (κ3) is 2.03. The number of nitrogens with zero attached hydrogens (tertiary/aromatic N) is 1. The summed E-state index contributed by atoms with van der Waals surface area (Å²) < 4.78 is 5.49. The first-order chi connectivity index (χ1) is 7.16. The van der Waals surface area contributed by atoms with E-state index in [1.54, 1.807) is 30.1 Å². The highest BCUT2D eigenvalue weighted by molar-refractivity contribution is 5.83. The molecular weight excluding hydrogens is 194 g/mol. The molecule has 2 rings (SSSR count). The van der Waals surface area contributed by atoms with Crippen molar-refractivity contribution in [2.75, 3.05) is 13.6 Å². The Morgan fingerprint density at radius 1 is 1.53 bits per heavy atom. The number of phenolic OH excluding ortho intramolecular Hbond substituents is 1. The van der Waals surface area contributed by atoms with Crippen LogP contribution in [0.1, 0.15) is 6.42 Å². The molecule has 1 heterocycles. The molecule has 1 aromatic rings. The zero-order chi connectivity index (χ0) is 10.8. The molecule has 4 nitrogen and oxygen atoms in total. The van der Waals surface area contributed by atoms with Crippen LogP contribution in [0, 0.1) is 0 Å². The number of likely N-dealkylation sites (tertiary alicyclic amines) is 1. The second kappa shape index (κ2) is 3.81. The normalized spacial score (nSPS) is 20.7. The minimum absolute atomic E-state index is 0.00153. The van der Waals surface area contributed by atoms with E-state index in [0.717, 1.165) is 6.54 Å². The minimum atomic E-state index is -0.406. The number of phenols is 1. The van der Waals surface area contributed by atoms with Gasteiger partial charge in [-0.2, -0.15) is 0 Å². The van der Waals surface area contributed by atoms with Gasteiger partial charge in [-0.25, -0.2) is 0 Å². The van der Waals surface area contributed by atoms with Gasteiger partial charge in [-0.15, -0.1) is 0 Å². The number of carbonyl (C=O) groups is 1. The van der Waals surface area contributed by atoms with E-state index in [2.05, 4.69) is 0 Å². The van der Waals surface area contributed by atoms with Crippen LogP contribution in [0.2, 0.25) is 0 Å². The van der Waals surface area contributed by atoms with E-state index < -0.39 is 6.10 Å². The van der Waals surface area contributed by atoms with Gasteiger partial charge in [0.1, 0.15) is 11.5 Å². The van der Waals surface area contributed by atoms with E-state index in [4.69, 9.17) is 4.74 Å². The van der Waals surface area contributed by atoms with Crippen molar-refractivity contribution in [2.45, 2.75) is 12.5 Å². The van der Waals surface area contributed by atoms with Crippen molar-refractivity contribution in [3.05, 3.63) is 24.3 Å². The van der Waals surface area contributed by atoms with Crippen LogP contribution in [0.3, 0.4) is 0 Å². The Bertz CT molecular complexity index is 378. The summed E-state index contributed by atoms with van der Waals surface area (Å²) in [6.07, 6.45) is 0.294. The van der Waals surface area contributed by atoms with Crippen molar-refractivity contribution in [3.8, 4) is 11.5 Å². The van der Waals surface area contributed by atoms with E-state index >= 15 is 0 Å². The molecule has 1 atom stereocenters. The summed E-state index contributed by atoms with van der Waals surface area (Å²) in [7, 11) is 1.76. The largest absolute Gasteiger partial charge is 0.508 e. The maximum atomic E-state index is 11.5. The van der Waals surface area contributed by atoms with E-state index in [-0.39, 0.29) is 11.7 Å². The lowest BCUT2D eigenvalue weighted by molar-refractivity contribution is -0.132. The Labute approximate surface area is 88.1 Å². The standard InChI is InChI=1S/C11H13NO3/c1-12-6-5-10(11(12)14)15-9-4-2-3-8(13)7-9/h2-4,7,10,13H,5-6H2,1H3/t10-/m1/s1. The first-order valence-corrected chi connectivity index (χ1v) is 4.87. The van der Waals surface area contributed by atoms with Crippen LogP contribution in [-0.2, 0) is 4.79 Å². The summed E-state index contributed by atoms with van der Waals surface area (Å²) in [5, 5.41) is 9.23. The lowest BCUT2D eigenvalue weighted by atomic mass is 10.3. The molecule has 4 heteroatoms. The van der Waals surface area contributed by atoms with Crippen LogP contribution in [0.4, 0.5) is 0 Å². The zero-order valence-electron chi connectivity index (χ0n) is 8.51. The van der Waals surface area contributed by atoms with Crippen molar-refractivity contribution in [3.63, 3.8) is 0 Å². The highest BCUT2D eigenvalue weighted by Crippen LogP contribution is 2.22. The Morgan fingerprint density at radius 3 is 2.93 bits per heavy atom. The summed E-state index contributed by atoms with van der Waals surface area (Å²) in [4.78, 5) is 13.2. The molecule has 1 N–H and O–H groups in total. The maximum Gasteiger partial charge on any atom is 0.263 e. The fraction of sp³-hybridized carbons (Fsp3) is 0.364. The van der Waals surface area contributed by atoms with Crippen LogP contribution >= 0.6 is 0 Å². The van der Waals surface area contributed by atoms with Crippen LogP contribution in [-0.4, -0.2) is 35.6 Å². The topological polar surface area (TPSA) is 49.8 Å². The third-order valence-electron chi connectivity index (χ3n) is 2.47.